The Morgan fingerprint density at radius 3 is 2.55 bits per heavy atom. The molecule has 11 heteroatoms. The highest BCUT2D eigenvalue weighted by molar-refractivity contribution is 7.99. The molecule has 0 saturated carbocycles. The third-order valence-electron chi connectivity index (χ3n) is 8.50. The van der Waals surface area contributed by atoms with Gasteiger partial charge in [-0.2, -0.15) is 0 Å². The second-order valence-electron chi connectivity index (χ2n) is 11.3. The van der Waals surface area contributed by atoms with Crippen molar-refractivity contribution in [3.05, 3.63) is 53.1 Å². The first-order valence-corrected chi connectivity index (χ1v) is 14.2. The lowest BCUT2D eigenvalue weighted by Gasteiger charge is -2.46. The molecule has 0 radical (unpaired) electrons. The van der Waals surface area contributed by atoms with Gasteiger partial charge in [0.2, 0.25) is 0 Å². The summed E-state index contributed by atoms with van der Waals surface area (Å²) in [5, 5.41) is 11.4. The molecule has 1 atom stereocenters. The predicted molar refractivity (Wildman–Crippen MR) is 151 cm³/mol. The molecule has 3 aromatic rings. The number of rotatable bonds is 5. The Morgan fingerprint density at radius 2 is 1.87 bits per heavy atom. The molecular weight excluding hydrogens is 520 g/mol. The lowest BCUT2D eigenvalue weighted by atomic mass is 9.73. The molecule has 0 aromatic carbocycles. The van der Waals surface area contributed by atoms with Crippen molar-refractivity contribution in [3.8, 4) is 0 Å². The number of aliphatic hydroxyl groups is 1. The van der Waals surface area contributed by atoms with Crippen LogP contribution in [0.5, 0.6) is 0 Å². The van der Waals surface area contributed by atoms with Gasteiger partial charge in [-0.1, -0.05) is 29.4 Å². The number of pyridine rings is 2. The van der Waals surface area contributed by atoms with Gasteiger partial charge in [-0.25, -0.2) is 15.0 Å². The first kappa shape index (κ1) is 25.6. The van der Waals surface area contributed by atoms with Crippen LogP contribution in [0.4, 0.5) is 17.5 Å². The monoisotopic (exact) mass is 552 g/mol. The van der Waals surface area contributed by atoms with Gasteiger partial charge in [0.05, 0.1) is 16.8 Å². The Balaban J connectivity index is 1.12. The van der Waals surface area contributed by atoms with Gasteiger partial charge in [-0.3, -0.25) is 4.98 Å². The zero-order valence-corrected chi connectivity index (χ0v) is 23.2. The molecule has 0 unspecified atom stereocenters. The molecule has 9 nitrogen and oxygen atoms in total. The number of anilines is 3. The number of aromatic nitrogens is 4. The minimum absolute atomic E-state index is 0.0237. The standard InChI is InChI=1S/C27H33ClN8OS/c1-26(2,37)16-14-36(15-16)24-21(28)19(5-9-32-24)38-25-23(30)34-20(13-33-25)35-10-6-27(7-11-35)12-18-17(22(27)29)4-3-8-31-18/h3-5,8-9,13,16,22,37H,6-7,10-12,14-15,29H2,1-2H3,(H2,30,34)/t22-/m1/s1. The van der Waals surface area contributed by atoms with Gasteiger partial charge in [0.25, 0.3) is 0 Å². The summed E-state index contributed by atoms with van der Waals surface area (Å²) in [5.74, 6) is 2.06. The summed E-state index contributed by atoms with van der Waals surface area (Å²) >= 11 is 8.13. The van der Waals surface area contributed by atoms with Crippen molar-refractivity contribution in [1.29, 1.82) is 0 Å². The quantitative estimate of drug-likeness (QED) is 0.430. The number of fused-ring (bicyclic) bond motifs is 1. The number of nitrogens with zero attached hydrogens (tertiary/aromatic N) is 6. The zero-order chi connectivity index (χ0) is 26.7. The number of hydrogen-bond acceptors (Lipinski definition) is 10. The lowest BCUT2D eigenvalue weighted by molar-refractivity contribution is 0.00438. The van der Waals surface area contributed by atoms with Crippen molar-refractivity contribution in [3.63, 3.8) is 0 Å². The van der Waals surface area contributed by atoms with E-state index >= 15 is 0 Å². The fourth-order valence-electron chi connectivity index (χ4n) is 5.85. The van der Waals surface area contributed by atoms with Crippen LogP contribution in [-0.2, 0) is 6.42 Å². The first-order chi connectivity index (χ1) is 18.1. The maximum atomic E-state index is 10.2. The topological polar surface area (TPSA) is 130 Å². The van der Waals surface area contributed by atoms with Gasteiger partial charge in [-0.05, 0) is 56.2 Å². The lowest BCUT2D eigenvalue weighted by Crippen LogP contribution is -2.56. The fraction of sp³-hybridized carbons (Fsp3) is 0.481. The number of hydrogen-bond donors (Lipinski definition) is 3. The van der Waals surface area contributed by atoms with Gasteiger partial charge in [0.1, 0.15) is 16.7 Å². The van der Waals surface area contributed by atoms with Crippen LogP contribution in [0.3, 0.4) is 0 Å². The molecule has 2 saturated heterocycles. The molecule has 1 spiro atoms. The maximum absolute atomic E-state index is 10.2. The number of piperidine rings is 1. The predicted octanol–water partition coefficient (Wildman–Crippen LogP) is 3.70. The number of halogens is 1. The van der Waals surface area contributed by atoms with E-state index in [1.165, 1.54) is 17.3 Å². The van der Waals surface area contributed by atoms with Crippen molar-refractivity contribution in [2.45, 2.75) is 54.7 Å². The van der Waals surface area contributed by atoms with Crippen LogP contribution in [0.15, 0.2) is 46.7 Å². The summed E-state index contributed by atoms with van der Waals surface area (Å²) in [7, 11) is 0. The molecule has 5 heterocycles. The van der Waals surface area contributed by atoms with Crippen molar-refractivity contribution in [1.82, 2.24) is 19.9 Å². The van der Waals surface area contributed by atoms with Gasteiger partial charge in [0, 0.05) is 61.1 Å². The maximum Gasteiger partial charge on any atom is 0.158 e. The Labute approximate surface area is 232 Å². The molecule has 3 aromatic heterocycles. The molecule has 2 fully saturated rings. The van der Waals surface area contributed by atoms with Crippen LogP contribution in [0.2, 0.25) is 5.02 Å². The van der Waals surface area contributed by atoms with E-state index in [1.54, 1.807) is 12.4 Å². The Kier molecular flexibility index (Phi) is 6.41. The van der Waals surface area contributed by atoms with Crippen LogP contribution in [0.25, 0.3) is 0 Å². The fourth-order valence-corrected chi connectivity index (χ4v) is 6.98. The average Bonchev–Trinajstić information content (AvgIpc) is 3.12. The summed E-state index contributed by atoms with van der Waals surface area (Å²) < 4.78 is 0. The van der Waals surface area contributed by atoms with Gasteiger partial charge >= 0.3 is 0 Å². The van der Waals surface area contributed by atoms with Crippen molar-refractivity contribution >= 4 is 40.8 Å². The largest absolute Gasteiger partial charge is 0.390 e. The van der Waals surface area contributed by atoms with E-state index in [2.05, 4.69) is 30.8 Å². The van der Waals surface area contributed by atoms with E-state index in [0.29, 0.717) is 34.8 Å². The molecule has 1 aliphatic carbocycles. The highest BCUT2D eigenvalue weighted by Crippen LogP contribution is 2.50. The molecule has 5 N–H and O–H groups in total. The van der Waals surface area contributed by atoms with Gasteiger partial charge < -0.3 is 26.4 Å². The summed E-state index contributed by atoms with van der Waals surface area (Å²) in [6, 6.07) is 5.98. The van der Waals surface area contributed by atoms with E-state index in [0.717, 1.165) is 48.8 Å². The Bertz CT molecular complexity index is 1350. The SMILES string of the molecule is CC(C)(O)C1CN(c2nccc(Sc3ncc(N4CCC5(CC4)Cc4ncccc4[C@H]5N)nc3N)c2Cl)C1. The normalized spacial score (nSPS) is 21.0. The molecule has 200 valence electrons. The van der Waals surface area contributed by atoms with Gasteiger partial charge in [0.15, 0.2) is 5.82 Å². The second-order valence-corrected chi connectivity index (χ2v) is 12.7. The molecule has 3 aliphatic rings. The molecular formula is C27H33ClN8OS. The highest BCUT2D eigenvalue weighted by Gasteiger charge is 2.46. The van der Waals surface area contributed by atoms with E-state index in [4.69, 9.17) is 28.1 Å². The third kappa shape index (κ3) is 4.47. The van der Waals surface area contributed by atoms with E-state index in [1.807, 2.05) is 32.2 Å². The summed E-state index contributed by atoms with van der Waals surface area (Å²) in [5.41, 5.74) is 14.7. The number of nitrogens with two attached hydrogens (primary N) is 2. The summed E-state index contributed by atoms with van der Waals surface area (Å²) in [6.07, 6.45) is 8.28. The molecule has 0 bridgehead atoms. The van der Waals surface area contributed by atoms with Crippen LogP contribution >= 0.6 is 23.4 Å². The summed E-state index contributed by atoms with van der Waals surface area (Å²) in [6.45, 7) is 6.80. The summed E-state index contributed by atoms with van der Waals surface area (Å²) in [4.78, 5) is 23.5. The first-order valence-electron chi connectivity index (χ1n) is 13.0. The van der Waals surface area contributed by atoms with Gasteiger partial charge in [-0.15, -0.1) is 0 Å². The molecule has 0 amide bonds. The van der Waals surface area contributed by atoms with Crippen molar-refractivity contribution in [2.24, 2.45) is 17.1 Å². The van der Waals surface area contributed by atoms with Crippen LogP contribution in [0, 0.1) is 11.3 Å². The van der Waals surface area contributed by atoms with E-state index in [9.17, 15) is 5.11 Å². The van der Waals surface area contributed by atoms with Crippen molar-refractivity contribution in [2.75, 3.05) is 41.7 Å². The second kappa shape index (κ2) is 9.51. The zero-order valence-electron chi connectivity index (χ0n) is 21.6. The van der Waals surface area contributed by atoms with Crippen LogP contribution < -0.4 is 21.3 Å². The average molecular weight is 553 g/mol. The van der Waals surface area contributed by atoms with Crippen LogP contribution in [-0.4, -0.2) is 56.8 Å². The van der Waals surface area contributed by atoms with Crippen LogP contribution in [0.1, 0.15) is 44.0 Å². The van der Waals surface area contributed by atoms with E-state index in [-0.39, 0.29) is 17.4 Å². The smallest absolute Gasteiger partial charge is 0.158 e. The molecule has 6 rings (SSSR count). The third-order valence-corrected chi connectivity index (χ3v) is 10.0. The Hall–Kier alpha value is -2.66. The minimum atomic E-state index is -0.721. The number of nitrogen functional groups attached to an aromatic ring is 1. The minimum Gasteiger partial charge on any atom is -0.390 e. The van der Waals surface area contributed by atoms with Crippen molar-refractivity contribution < 1.29 is 5.11 Å². The molecule has 2 aliphatic heterocycles. The Morgan fingerprint density at radius 1 is 1.11 bits per heavy atom. The highest BCUT2D eigenvalue weighted by atomic mass is 35.5. The molecule has 38 heavy (non-hydrogen) atoms. The van der Waals surface area contributed by atoms with E-state index < -0.39 is 5.60 Å².